The highest BCUT2D eigenvalue weighted by molar-refractivity contribution is 5.80. The van der Waals surface area contributed by atoms with Crippen molar-refractivity contribution in [1.29, 1.82) is 0 Å². The Morgan fingerprint density at radius 3 is 3.08 bits per heavy atom. The van der Waals surface area contributed by atoms with Crippen molar-refractivity contribution in [3.8, 4) is 5.75 Å². The van der Waals surface area contributed by atoms with Crippen LogP contribution in [0.3, 0.4) is 0 Å². The lowest BCUT2D eigenvalue weighted by atomic mass is 9.87. The van der Waals surface area contributed by atoms with Crippen LogP contribution in [0.1, 0.15) is 18.4 Å². The third-order valence-corrected chi connectivity index (χ3v) is 4.86. The van der Waals surface area contributed by atoms with Crippen molar-refractivity contribution in [2.24, 2.45) is 16.1 Å². The summed E-state index contributed by atoms with van der Waals surface area (Å²) in [5.74, 6) is 1.06. The third kappa shape index (κ3) is 4.42. The van der Waals surface area contributed by atoms with Gasteiger partial charge >= 0.3 is 0 Å². The molecule has 1 spiro atoms. The van der Waals surface area contributed by atoms with E-state index in [1.54, 1.807) is 0 Å². The predicted molar refractivity (Wildman–Crippen MR) is 95.4 cm³/mol. The van der Waals surface area contributed by atoms with Crippen molar-refractivity contribution >= 4 is 11.9 Å². The monoisotopic (exact) mass is 346 g/mol. The van der Waals surface area contributed by atoms with Gasteiger partial charge in [0.15, 0.2) is 12.6 Å². The lowest BCUT2D eigenvalue weighted by Gasteiger charge is -2.25. The maximum atomic E-state index is 10.8. The van der Waals surface area contributed by atoms with Gasteiger partial charge in [0.25, 0.3) is 5.91 Å². The van der Waals surface area contributed by atoms with Crippen LogP contribution in [0.5, 0.6) is 5.75 Å². The molecule has 7 nitrogen and oxygen atoms in total. The van der Waals surface area contributed by atoms with Gasteiger partial charge in [-0.3, -0.25) is 9.79 Å². The molecule has 25 heavy (non-hydrogen) atoms. The lowest BCUT2D eigenvalue weighted by Crippen LogP contribution is -2.41. The van der Waals surface area contributed by atoms with E-state index in [0.29, 0.717) is 17.7 Å². The Bertz CT molecular complexity index is 641. The van der Waals surface area contributed by atoms with Gasteiger partial charge in [-0.1, -0.05) is 12.1 Å². The zero-order chi connectivity index (χ0) is 17.7. The molecule has 7 heteroatoms. The number of aliphatic imine (C=N–C) groups is 1. The van der Waals surface area contributed by atoms with E-state index in [-0.39, 0.29) is 6.61 Å². The van der Waals surface area contributed by atoms with Crippen molar-refractivity contribution in [2.45, 2.75) is 19.4 Å². The van der Waals surface area contributed by atoms with Crippen molar-refractivity contribution in [3.63, 3.8) is 0 Å². The number of primary amides is 1. The van der Waals surface area contributed by atoms with E-state index < -0.39 is 5.91 Å². The fraction of sp³-hybridized carbons (Fsp3) is 0.556. The first-order valence-electron chi connectivity index (χ1n) is 8.64. The summed E-state index contributed by atoms with van der Waals surface area (Å²) in [6.07, 6.45) is 2.30. The van der Waals surface area contributed by atoms with Crippen molar-refractivity contribution in [2.75, 3.05) is 40.0 Å². The fourth-order valence-corrected chi connectivity index (χ4v) is 3.50. The summed E-state index contributed by atoms with van der Waals surface area (Å²) >= 11 is 0. The molecule has 1 amide bonds. The largest absolute Gasteiger partial charge is 0.484 e. The van der Waals surface area contributed by atoms with Gasteiger partial charge in [0, 0.05) is 38.7 Å². The van der Waals surface area contributed by atoms with Crippen molar-refractivity contribution in [3.05, 3.63) is 29.8 Å². The average molecular weight is 346 g/mol. The summed E-state index contributed by atoms with van der Waals surface area (Å²) in [4.78, 5) is 17.5. The molecule has 0 aromatic heterocycles. The summed E-state index contributed by atoms with van der Waals surface area (Å²) in [6, 6.07) is 7.62. The second-order valence-electron chi connectivity index (χ2n) is 6.78. The number of hydrogen-bond donors (Lipinski definition) is 2. The fourth-order valence-electron chi connectivity index (χ4n) is 3.50. The van der Waals surface area contributed by atoms with Gasteiger partial charge in [-0.05, 0) is 30.5 Å². The number of nitrogens with zero attached hydrogens (tertiary/aromatic N) is 2. The zero-order valence-electron chi connectivity index (χ0n) is 14.7. The number of hydrogen-bond acceptors (Lipinski definition) is 4. The van der Waals surface area contributed by atoms with Gasteiger partial charge in [-0.2, -0.15) is 0 Å². The molecule has 0 aliphatic carbocycles. The molecule has 2 heterocycles. The Labute approximate surface area is 148 Å². The van der Waals surface area contributed by atoms with Crippen LogP contribution in [0.4, 0.5) is 0 Å². The van der Waals surface area contributed by atoms with Crippen LogP contribution in [0, 0.1) is 5.41 Å². The number of carbonyl (C=O) groups excluding carboxylic acids is 1. The molecule has 0 saturated carbocycles. The minimum atomic E-state index is -0.484. The number of amides is 1. The predicted octanol–water partition coefficient (Wildman–Crippen LogP) is 0.739. The first-order valence-corrected chi connectivity index (χ1v) is 8.64. The number of nitrogens with one attached hydrogen (secondary N) is 1. The molecule has 2 fully saturated rings. The highest BCUT2D eigenvalue weighted by Crippen LogP contribution is 2.38. The topological polar surface area (TPSA) is 89.2 Å². The molecule has 2 aliphatic rings. The van der Waals surface area contributed by atoms with Gasteiger partial charge in [0.1, 0.15) is 5.75 Å². The van der Waals surface area contributed by atoms with E-state index in [1.807, 2.05) is 31.3 Å². The van der Waals surface area contributed by atoms with Crippen LogP contribution in [0.15, 0.2) is 29.3 Å². The number of carbonyl (C=O) groups is 1. The van der Waals surface area contributed by atoms with Gasteiger partial charge in [-0.15, -0.1) is 0 Å². The summed E-state index contributed by atoms with van der Waals surface area (Å²) in [6.45, 7) is 4.26. The number of ether oxygens (including phenoxy) is 2. The van der Waals surface area contributed by atoms with E-state index in [2.05, 4.69) is 15.2 Å². The average Bonchev–Trinajstić information content (AvgIpc) is 3.24. The quantitative estimate of drug-likeness (QED) is 0.606. The number of rotatable bonds is 5. The van der Waals surface area contributed by atoms with Crippen LogP contribution in [0.2, 0.25) is 0 Å². The Morgan fingerprint density at radius 2 is 2.36 bits per heavy atom. The SMILES string of the molecule is CN=C(NCc1cccc(OCC(N)=O)c1)N1CCC2(CCOC2)C1. The Morgan fingerprint density at radius 1 is 1.48 bits per heavy atom. The molecule has 1 aromatic rings. The smallest absolute Gasteiger partial charge is 0.255 e. The van der Waals surface area contributed by atoms with Gasteiger partial charge in [-0.25, -0.2) is 0 Å². The second-order valence-corrected chi connectivity index (χ2v) is 6.78. The molecule has 1 aromatic carbocycles. The summed E-state index contributed by atoms with van der Waals surface area (Å²) < 4.78 is 10.9. The minimum Gasteiger partial charge on any atom is -0.484 e. The molecule has 1 atom stereocenters. The van der Waals surface area contributed by atoms with Crippen molar-refractivity contribution in [1.82, 2.24) is 10.2 Å². The number of guanidine groups is 1. The van der Waals surface area contributed by atoms with Gasteiger partial charge in [0.2, 0.25) is 0 Å². The molecule has 2 saturated heterocycles. The molecule has 3 rings (SSSR count). The maximum absolute atomic E-state index is 10.8. The number of nitrogens with two attached hydrogens (primary N) is 1. The highest BCUT2D eigenvalue weighted by Gasteiger charge is 2.42. The molecule has 1 unspecified atom stereocenters. The third-order valence-electron chi connectivity index (χ3n) is 4.86. The Balaban J connectivity index is 1.55. The normalized spacial score (nSPS) is 23.2. The van der Waals surface area contributed by atoms with Crippen LogP contribution >= 0.6 is 0 Å². The summed E-state index contributed by atoms with van der Waals surface area (Å²) in [7, 11) is 1.81. The molecular formula is C18H26N4O3. The van der Waals surface area contributed by atoms with E-state index in [9.17, 15) is 4.79 Å². The van der Waals surface area contributed by atoms with E-state index in [4.69, 9.17) is 15.2 Å². The second kappa shape index (κ2) is 7.74. The highest BCUT2D eigenvalue weighted by atomic mass is 16.5. The molecular weight excluding hydrogens is 320 g/mol. The van der Waals surface area contributed by atoms with Crippen LogP contribution in [-0.2, 0) is 16.1 Å². The molecule has 2 aliphatic heterocycles. The summed E-state index contributed by atoms with van der Waals surface area (Å²) in [5.41, 5.74) is 6.47. The minimum absolute atomic E-state index is 0.115. The molecule has 3 N–H and O–H groups in total. The Kier molecular flexibility index (Phi) is 5.43. The van der Waals surface area contributed by atoms with Crippen LogP contribution < -0.4 is 15.8 Å². The standard InChI is InChI=1S/C18H26N4O3/c1-20-17(22-7-5-18(12-22)6-8-24-13-18)21-10-14-3-2-4-15(9-14)25-11-16(19)23/h2-4,9H,5-8,10-13H2,1H3,(H2,19,23)(H,20,21). The van der Waals surface area contributed by atoms with Crippen LogP contribution in [-0.4, -0.2) is 56.7 Å². The zero-order valence-corrected chi connectivity index (χ0v) is 14.7. The summed E-state index contributed by atoms with van der Waals surface area (Å²) in [5, 5.41) is 3.41. The van der Waals surface area contributed by atoms with E-state index in [1.165, 1.54) is 0 Å². The Hall–Kier alpha value is -2.28. The van der Waals surface area contributed by atoms with Crippen molar-refractivity contribution < 1.29 is 14.3 Å². The van der Waals surface area contributed by atoms with Crippen LogP contribution in [0.25, 0.3) is 0 Å². The molecule has 0 bridgehead atoms. The number of likely N-dealkylation sites (tertiary alicyclic amines) is 1. The molecule has 0 radical (unpaired) electrons. The molecule has 136 valence electrons. The van der Waals surface area contributed by atoms with E-state index >= 15 is 0 Å². The lowest BCUT2D eigenvalue weighted by molar-refractivity contribution is -0.119. The maximum Gasteiger partial charge on any atom is 0.255 e. The first kappa shape index (κ1) is 17.5. The van der Waals surface area contributed by atoms with Gasteiger partial charge < -0.3 is 25.4 Å². The van der Waals surface area contributed by atoms with Gasteiger partial charge in [0.05, 0.1) is 6.61 Å². The first-order chi connectivity index (χ1) is 12.1. The van der Waals surface area contributed by atoms with E-state index in [0.717, 1.165) is 50.7 Å². The number of benzene rings is 1.